The summed E-state index contributed by atoms with van der Waals surface area (Å²) in [5, 5.41) is 4.42. The molecule has 2 N–H and O–H groups in total. The van der Waals surface area contributed by atoms with E-state index in [4.69, 9.17) is 5.73 Å². The molecule has 15 heavy (non-hydrogen) atoms. The third-order valence-electron chi connectivity index (χ3n) is 2.64. The molecule has 0 fully saturated rings. The Morgan fingerprint density at radius 1 is 1.20 bits per heavy atom. The van der Waals surface area contributed by atoms with Crippen LogP contribution in [0.5, 0.6) is 0 Å². The fourth-order valence-electron chi connectivity index (χ4n) is 1.47. The highest BCUT2D eigenvalue weighted by atomic mass is 15.3. The number of pyridine rings is 1. The zero-order valence-corrected chi connectivity index (χ0v) is 9.15. The second-order valence-corrected chi connectivity index (χ2v) is 3.66. The van der Waals surface area contributed by atoms with Gasteiger partial charge in [-0.3, -0.25) is 0 Å². The van der Waals surface area contributed by atoms with Crippen molar-refractivity contribution in [3.8, 4) is 5.82 Å². The molecule has 0 saturated heterocycles. The Morgan fingerprint density at radius 2 is 1.93 bits per heavy atom. The lowest BCUT2D eigenvalue weighted by atomic mass is 10.2. The third-order valence-corrected chi connectivity index (χ3v) is 2.64. The first kappa shape index (κ1) is 9.71. The van der Waals surface area contributed by atoms with Gasteiger partial charge < -0.3 is 5.73 Å². The molecule has 0 unspecified atom stereocenters. The Balaban J connectivity index is 2.54. The van der Waals surface area contributed by atoms with Crippen LogP contribution in [0.15, 0.2) is 18.3 Å². The van der Waals surface area contributed by atoms with E-state index in [1.807, 2.05) is 30.7 Å². The number of anilines is 1. The number of aryl methyl sites for hydroxylation is 1. The fraction of sp³-hybridized carbons (Fsp3) is 0.273. The predicted molar refractivity (Wildman–Crippen MR) is 60.0 cm³/mol. The van der Waals surface area contributed by atoms with Crippen molar-refractivity contribution >= 4 is 5.69 Å². The van der Waals surface area contributed by atoms with Gasteiger partial charge in [0.1, 0.15) is 0 Å². The summed E-state index contributed by atoms with van der Waals surface area (Å²) in [6.07, 6.45) is 1.64. The molecule has 4 nitrogen and oxygen atoms in total. The highest BCUT2D eigenvalue weighted by molar-refractivity contribution is 5.40. The minimum atomic E-state index is 0.664. The maximum absolute atomic E-state index is 5.59. The van der Waals surface area contributed by atoms with Crippen molar-refractivity contribution in [1.29, 1.82) is 0 Å². The normalized spacial score (nSPS) is 10.6. The topological polar surface area (TPSA) is 56.7 Å². The third kappa shape index (κ3) is 1.58. The van der Waals surface area contributed by atoms with E-state index in [-0.39, 0.29) is 0 Å². The van der Waals surface area contributed by atoms with Gasteiger partial charge in [-0.1, -0.05) is 0 Å². The number of rotatable bonds is 1. The van der Waals surface area contributed by atoms with Crippen LogP contribution < -0.4 is 5.73 Å². The Bertz CT molecular complexity index is 482. The Labute approximate surface area is 88.8 Å². The maximum atomic E-state index is 5.59. The van der Waals surface area contributed by atoms with Crippen molar-refractivity contribution in [2.45, 2.75) is 20.8 Å². The summed E-state index contributed by atoms with van der Waals surface area (Å²) in [6.45, 7) is 6.09. The van der Waals surface area contributed by atoms with Gasteiger partial charge in [0.05, 0.1) is 17.6 Å². The van der Waals surface area contributed by atoms with Gasteiger partial charge in [0.2, 0.25) is 0 Å². The van der Waals surface area contributed by atoms with Gasteiger partial charge in [-0.2, -0.15) is 5.10 Å². The molecule has 0 spiro atoms. The second-order valence-electron chi connectivity index (χ2n) is 3.66. The van der Waals surface area contributed by atoms with Gasteiger partial charge in [-0.25, -0.2) is 9.67 Å². The minimum Gasteiger partial charge on any atom is -0.397 e. The standard InChI is InChI=1S/C11H14N4/c1-7-8(2)14-15(9(7)3)11-5-4-10(12)6-13-11/h4-6H,12H2,1-3H3. The Morgan fingerprint density at radius 3 is 2.40 bits per heavy atom. The summed E-state index contributed by atoms with van der Waals surface area (Å²) in [6, 6.07) is 3.70. The van der Waals surface area contributed by atoms with Crippen LogP contribution in [-0.2, 0) is 0 Å². The van der Waals surface area contributed by atoms with Crippen molar-refractivity contribution in [1.82, 2.24) is 14.8 Å². The number of nitrogens with zero attached hydrogens (tertiary/aromatic N) is 3. The molecule has 0 aliphatic carbocycles. The van der Waals surface area contributed by atoms with E-state index in [9.17, 15) is 0 Å². The average molecular weight is 202 g/mol. The van der Waals surface area contributed by atoms with E-state index in [1.165, 1.54) is 5.56 Å². The van der Waals surface area contributed by atoms with Crippen molar-refractivity contribution in [2.75, 3.05) is 5.73 Å². The van der Waals surface area contributed by atoms with E-state index in [1.54, 1.807) is 6.20 Å². The van der Waals surface area contributed by atoms with Crippen molar-refractivity contribution in [2.24, 2.45) is 0 Å². The fourth-order valence-corrected chi connectivity index (χ4v) is 1.47. The van der Waals surface area contributed by atoms with Gasteiger partial charge in [0, 0.05) is 5.69 Å². The molecule has 0 amide bonds. The highest BCUT2D eigenvalue weighted by Gasteiger charge is 2.09. The molecule has 0 saturated carbocycles. The quantitative estimate of drug-likeness (QED) is 0.766. The summed E-state index contributed by atoms with van der Waals surface area (Å²) in [5.41, 5.74) is 9.60. The van der Waals surface area contributed by atoms with Crippen LogP contribution in [0, 0.1) is 20.8 Å². The summed E-state index contributed by atoms with van der Waals surface area (Å²) >= 11 is 0. The van der Waals surface area contributed by atoms with Gasteiger partial charge in [0.15, 0.2) is 5.82 Å². The van der Waals surface area contributed by atoms with Crippen molar-refractivity contribution in [3.05, 3.63) is 35.3 Å². The molecule has 0 aliphatic heterocycles. The second kappa shape index (κ2) is 3.38. The molecule has 0 atom stereocenters. The monoisotopic (exact) mass is 202 g/mol. The molecule has 2 heterocycles. The molecule has 0 bridgehead atoms. The first-order chi connectivity index (χ1) is 7.09. The largest absolute Gasteiger partial charge is 0.397 e. The zero-order chi connectivity index (χ0) is 11.0. The van der Waals surface area contributed by atoms with Crippen LogP contribution in [0.25, 0.3) is 5.82 Å². The molecule has 0 aliphatic rings. The lowest BCUT2D eigenvalue weighted by Gasteiger charge is -2.03. The van der Waals surface area contributed by atoms with Crippen LogP contribution in [0.1, 0.15) is 17.0 Å². The molecule has 2 aromatic heterocycles. The van der Waals surface area contributed by atoms with E-state index >= 15 is 0 Å². The molecular formula is C11H14N4. The van der Waals surface area contributed by atoms with Crippen molar-refractivity contribution < 1.29 is 0 Å². The van der Waals surface area contributed by atoms with E-state index in [0.29, 0.717) is 5.69 Å². The number of aromatic nitrogens is 3. The van der Waals surface area contributed by atoms with E-state index < -0.39 is 0 Å². The summed E-state index contributed by atoms with van der Waals surface area (Å²) in [5.74, 6) is 0.804. The predicted octanol–water partition coefficient (Wildman–Crippen LogP) is 1.77. The number of hydrogen-bond donors (Lipinski definition) is 1. The average Bonchev–Trinajstić information content (AvgIpc) is 2.47. The van der Waals surface area contributed by atoms with Crippen LogP contribution in [-0.4, -0.2) is 14.8 Å². The van der Waals surface area contributed by atoms with Gasteiger partial charge >= 0.3 is 0 Å². The molecular weight excluding hydrogens is 188 g/mol. The maximum Gasteiger partial charge on any atom is 0.153 e. The van der Waals surface area contributed by atoms with Crippen LogP contribution in [0.4, 0.5) is 5.69 Å². The SMILES string of the molecule is Cc1nn(-c2ccc(N)cn2)c(C)c1C. The van der Waals surface area contributed by atoms with Crippen LogP contribution in [0.3, 0.4) is 0 Å². The summed E-state index contributed by atoms with van der Waals surface area (Å²) in [7, 11) is 0. The van der Waals surface area contributed by atoms with E-state index in [0.717, 1.165) is 17.2 Å². The van der Waals surface area contributed by atoms with Crippen LogP contribution in [0.2, 0.25) is 0 Å². The number of nitrogen functional groups attached to an aromatic ring is 1. The first-order valence-electron chi connectivity index (χ1n) is 4.84. The summed E-state index contributed by atoms with van der Waals surface area (Å²) < 4.78 is 1.84. The minimum absolute atomic E-state index is 0.664. The molecule has 2 aromatic rings. The summed E-state index contributed by atoms with van der Waals surface area (Å²) in [4.78, 5) is 4.24. The van der Waals surface area contributed by atoms with E-state index in [2.05, 4.69) is 17.0 Å². The van der Waals surface area contributed by atoms with Gasteiger partial charge in [-0.15, -0.1) is 0 Å². The smallest absolute Gasteiger partial charge is 0.153 e. The number of nitrogens with two attached hydrogens (primary N) is 1. The zero-order valence-electron chi connectivity index (χ0n) is 9.15. The van der Waals surface area contributed by atoms with Gasteiger partial charge in [-0.05, 0) is 38.5 Å². The highest BCUT2D eigenvalue weighted by Crippen LogP contribution is 2.15. The number of hydrogen-bond acceptors (Lipinski definition) is 3. The lowest BCUT2D eigenvalue weighted by molar-refractivity contribution is 0.806. The Kier molecular flexibility index (Phi) is 2.19. The molecule has 4 heteroatoms. The molecule has 0 radical (unpaired) electrons. The molecule has 78 valence electrons. The lowest BCUT2D eigenvalue weighted by Crippen LogP contribution is -2.02. The first-order valence-corrected chi connectivity index (χ1v) is 4.84. The molecule has 0 aromatic carbocycles. The van der Waals surface area contributed by atoms with Crippen LogP contribution >= 0.6 is 0 Å². The van der Waals surface area contributed by atoms with Gasteiger partial charge in [0.25, 0.3) is 0 Å². The van der Waals surface area contributed by atoms with Crippen molar-refractivity contribution in [3.63, 3.8) is 0 Å². The molecule has 2 rings (SSSR count). The Hall–Kier alpha value is -1.84.